The summed E-state index contributed by atoms with van der Waals surface area (Å²) in [5, 5.41) is 10.4. The number of halogens is 2. The monoisotopic (exact) mass is 309 g/mol. The molecule has 1 saturated heterocycles. The van der Waals surface area contributed by atoms with Crippen molar-refractivity contribution in [3.63, 3.8) is 0 Å². The van der Waals surface area contributed by atoms with E-state index in [-0.39, 0.29) is 23.0 Å². The molecule has 1 aliphatic rings. The molecule has 1 aliphatic heterocycles. The van der Waals surface area contributed by atoms with Crippen LogP contribution in [0.5, 0.6) is 0 Å². The topological polar surface area (TPSA) is 57.6 Å². The molecular formula is C11H13Cl2NO3S. The van der Waals surface area contributed by atoms with E-state index in [4.69, 9.17) is 23.2 Å². The minimum absolute atomic E-state index is 0.0926. The Morgan fingerprint density at radius 3 is 2.44 bits per heavy atom. The van der Waals surface area contributed by atoms with Gasteiger partial charge in [0.2, 0.25) is 10.0 Å². The number of hydrogen-bond donors (Lipinski definition) is 1. The number of nitrogens with zero attached hydrogens (tertiary/aromatic N) is 1. The second-order valence-electron chi connectivity index (χ2n) is 4.43. The van der Waals surface area contributed by atoms with Gasteiger partial charge in [-0.3, -0.25) is 0 Å². The maximum Gasteiger partial charge on any atom is 0.243 e. The van der Waals surface area contributed by atoms with Gasteiger partial charge in [0.25, 0.3) is 0 Å². The summed E-state index contributed by atoms with van der Waals surface area (Å²) in [5.41, 5.74) is -0.900. The lowest BCUT2D eigenvalue weighted by Gasteiger charge is -2.44. The fraction of sp³-hybridized carbons (Fsp3) is 0.455. The molecule has 0 atom stereocenters. The number of sulfonamides is 1. The van der Waals surface area contributed by atoms with Crippen LogP contribution in [0.15, 0.2) is 23.1 Å². The first-order valence-electron chi connectivity index (χ1n) is 5.46. The van der Waals surface area contributed by atoms with Crippen molar-refractivity contribution in [2.45, 2.75) is 23.8 Å². The first kappa shape index (κ1) is 14.1. The van der Waals surface area contributed by atoms with Crippen molar-refractivity contribution in [1.29, 1.82) is 0 Å². The van der Waals surface area contributed by atoms with Gasteiger partial charge in [0.05, 0.1) is 20.5 Å². The van der Waals surface area contributed by atoms with E-state index >= 15 is 0 Å². The standard InChI is InChI=1S/C11H13Cl2NO3S/c1-2-11(15)6-14(7-11)18(16,17)8-3-4-9(12)10(13)5-8/h3-5,15H,2,6-7H2,1H3. The summed E-state index contributed by atoms with van der Waals surface area (Å²) in [4.78, 5) is 0.0926. The SMILES string of the molecule is CCC1(O)CN(S(=O)(=O)c2ccc(Cl)c(Cl)c2)C1. The van der Waals surface area contributed by atoms with E-state index in [1.54, 1.807) is 0 Å². The molecule has 4 nitrogen and oxygen atoms in total. The van der Waals surface area contributed by atoms with Crippen LogP contribution < -0.4 is 0 Å². The van der Waals surface area contributed by atoms with Crippen LogP contribution in [0.2, 0.25) is 10.0 Å². The van der Waals surface area contributed by atoms with E-state index in [0.717, 1.165) is 0 Å². The third-order valence-corrected chi connectivity index (χ3v) is 5.66. The van der Waals surface area contributed by atoms with Gasteiger partial charge < -0.3 is 5.11 Å². The smallest absolute Gasteiger partial charge is 0.243 e. The zero-order chi connectivity index (χ0) is 13.6. The Kier molecular flexibility index (Phi) is 3.64. The highest BCUT2D eigenvalue weighted by Gasteiger charge is 2.45. The van der Waals surface area contributed by atoms with Crippen LogP contribution in [0.3, 0.4) is 0 Å². The summed E-state index contributed by atoms with van der Waals surface area (Å²) in [6.07, 6.45) is 0.528. The van der Waals surface area contributed by atoms with Gasteiger partial charge in [-0.15, -0.1) is 0 Å². The second kappa shape index (κ2) is 4.65. The molecule has 0 unspecified atom stereocenters. The van der Waals surface area contributed by atoms with Gasteiger partial charge in [-0.2, -0.15) is 4.31 Å². The molecule has 0 spiro atoms. The van der Waals surface area contributed by atoms with Gasteiger partial charge in [0, 0.05) is 13.1 Å². The minimum atomic E-state index is -3.59. The molecule has 0 bridgehead atoms. The number of aliphatic hydroxyl groups is 1. The summed E-state index contributed by atoms with van der Waals surface area (Å²) < 4.78 is 25.6. The van der Waals surface area contributed by atoms with Crippen LogP contribution in [0.4, 0.5) is 0 Å². The van der Waals surface area contributed by atoms with E-state index in [1.165, 1.54) is 22.5 Å². The fourth-order valence-corrected chi connectivity index (χ4v) is 3.78. The lowest BCUT2D eigenvalue weighted by atomic mass is 9.94. The molecule has 0 aliphatic carbocycles. The predicted molar refractivity (Wildman–Crippen MR) is 70.5 cm³/mol. The Bertz CT molecular complexity index is 568. The van der Waals surface area contributed by atoms with Crippen LogP contribution in [0.1, 0.15) is 13.3 Å². The van der Waals surface area contributed by atoms with Crippen molar-refractivity contribution in [3.05, 3.63) is 28.2 Å². The third kappa shape index (κ3) is 2.38. The molecule has 0 amide bonds. The van der Waals surface area contributed by atoms with Crippen molar-refractivity contribution >= 4 is 33.2 Å². The Balaban J connectivity index is 2.25. The zero-order valence-corrected chi connectivity index (χ0v) is 12.1. The van der Waals surface area contributed by atoms with Crippen molar-refractivity contribution in [2.75, 3.05) is 13.1 Å². The average Bonchev–Trinajstić information content (AvgIpc) is 2.28. The highest BCUT2D eigenvalue weighted by atomic mass is 35.5. The molecule has 1 heterocycles. The number of rotatable bonds is 3. The summed E-state index contributed by atoms with van der Waals surface area (Å²) in [6.45, 7) is 2.06. The second-order valence-corrected chi connectivity index (χ2v) is 7.18. The van der Waals surface area contributed by atoms with Gasteiger partial charge in [0.1, 0.15) is 0 Å². The molecule has 0 radical (unpaired) electrons. The maximum atomic E-state index is 12.2. The Morgan fingerprint density at radius 2 is 1.94 bits per heavy atom. The minimum Gasteiger partial charge on any atom is -0.387 e. The molecule has 1 aromatic carbocycles. The first-order valence-corrected chi connectivity index (χ1v) is 7.66. The van der Waals surface area contributed by atoms with E-state index < -0.39 is 15.6 Å². The van der Waals surface area contributed by atoms with Crippen LogP contribution >= 0.6 is 23.2 Å². The lowest BCUT2D eigenvalue weighted by molar-refractivity contribution is -0.0613. The van der Waals surface area contributed by atoms with Crippen molar-refractivity contribution < 1.29 is 13.5 Å². The Morgan fingerprint density at radius 1 is 1.33 bits per heavy atom. The van der Waals surface area contributed by atoms with Crippen molar-refractivity contribution in [3.8, 4) is 0 Å². The van der Waals surface area contributed by atoms with E-state index in [0.29, 0.717) is 11.4 Å². The molecule has 1 aromatic rings. The number of β-amino-alcohol motifs (C(OH)–C–C–N with tert-alkyl or cyclic N) is 1. The van der Waals surface area contributed by atoms with Gasteiger partial charge in [0.15, 0.2) is 0 Å². The molecule has 1 fully saturated rings. The summed E-state index contributed by atoms with van der Waals surface area (Å²) in [6, 6.07) is 4.18. The average molecular weight is 310 g/mol. The summed E-state index contributed by atoms with van der Waals surface area (Å²) >= 11 is 11.6. The molecular weight excluding hydrogens is 297 g/mol. The van der Waals surface area contributed by atoms with Crippen molar-refractivity contribution in [1.82, 2.24) is 4.31 Å². The van der Waals surface area contributed by atoms with Gasteiger partial charge >= 0.3 is 0 Å². The third-order valence-electron chi connectivity index (χ3n) is 3.13. The van der Waals surface area contributed by atoms with E-state index in [2.05, 4.69) is 0 Å². The van der Waals surface area contributed by atoms with E-state index in [1.807, 2.05) is 6.92 Å². The zero-order valence-electron chi connectivity index (χ0n) is 9.73. The molecule has 0 aromatic heterocycles. The largest absolute Gasteiger partial charge is 0.387 e. The molecule has 0 saturated carbocycles. The molecule has 1 N–H and O–H groups in total. The van der Waals surface area contributed by atoms with Gasteiger partial charge in [-0.1, -0.05) is 30.1 Å². The number of benzene rings is 1. The number of hydrogen-bond acceptors (Lipinski definition) is 3. The Labute approximate surface area is 116 Å². The fourth-order valence-electron chi connectivity index (χ4n) is 1.79. The van der Waals surface area contributed by atoms with Crippen LogP contribution in [0.25, 0.3) is 0 Å². The van der Waals surface area contributed by atoms with Crippen molar-refractivity contribution in [2.24, 2.45) is 0 Å². The summed E-state index contributed by atoms with van der Waals surface area (Å²) in [7, 11) is -3.59. The molecule has 18 heavy (non-hydrogen) atoms. The van der Waals surface area contributed by atoms with Crippen LogP contribution in [-0.4, -0.2) is 36.5 Å². The molecule has 100 valence electrons. The van der Waals surface area contributed by atoms with Gasteiger partial charge in [-0.25, -0.2) is 8.42 Å². The molecule has 7 heteroatoms. The van der Waals surface area contributed by atoms with Crippen LogP contribution in [-0.2, 0) is 10.0 Å². The Hall–Kier alpha value is -0.330. The van der Waals surface area contributed by atoms with Crippen LogP contribution in [0, 0.1) is 0 Å². The lowest BCUT2D eigenvalue weighted by Crippen LogP contribution is -2.62. The highest BCUT2D eigenvalue weighted by Crippen LogP contribution is 2.32. The maximum absolute atomic E-state index is 12.2. The molecule has 2 rings (SSSR count). The first-order chi connectivity index (χ1) is 8.28. The van der Waals surface area contributed by atoms with E-state index in [9.17, 15) is 13.5 Å². The highest BCUT2D eigenvalue weighted by molar-refractivity contribution is 7.89. The summed E-state index contributed by atoms with van der Waals surface area (Å²) in [5.74, 6) is 0. The normalized spacial score (nSPS) is 19.6. The quantitative estimate of drug-likeness (QED) is 0.930. The van der Waals surface area contributed by atoms with Gasteiger partial charge in [-0.05, 0) is 24.6 Å². The predicted octanol–water partition coefficient (Wildman–Crippen LogP) is 2.14.